The standard InChI is InChI=1S/C15H32N2O/c1-12(2)15(10-16,11-18-5)17(4)14-9-7-6-8-13(14)3/h12-14H,6-11,16H2,1-5H3. The van der Waals surface area contributed by atoms with Crippen molar-refractivity contribution in [2.45, 2.75) is 58.0 Å². The third-order valence-corrected chi connectivity index (χ3v) is 5.09. The van der Waals surface area contributed by atoms with Crippen molar-refractivity contribution in [2.75, 3.05) is 27.3 Å². The highest BCUT2D eigenvalue weighted by Gasteiger charge is 2.41. The minimum atomic E-state index is -0.0228. The van der Waals surface area contributed by atoms with Crippen LogP contribution in [0.2, 0.25) is 0 Å². The van der Waals surface area contributed by atoms with E-state index >= 15 is 0 Å². The molecule has 0 amide bonds. The maximum Gasteiger partial charge on any atom is 0.0661 e. The molecule has 1 fully saturated rings. The average molecular weight is 256 g/mol. The fourth-order valence-corrected chi connectivity index (χ4v) is 3.57. The van der Waals surface area contributed by atoms with Gasteiger partial charge in [0.25, 0.3) is 0 Å². The predicted octanol–water partition coefficient (Wildman–Crippen LogP) is 2.50. The normalized spacial score (nSPS) is 28.7. The van der Waals surface area contributed by atoms with Gasteiger partial charge in [-0.15, -0.1) is 0 Å². The van der Waals surface area contributed by atoms with Crippen molar-refractivity contribution in [3.63, 3.8) is 0 Å². The smallest absolute Gasteiger partial charge is 0.0661 e. The molecule has 0 heterocycles. The predicted molar refractivity (Wildman–Crippen MR) is 77.7 cm³/mol. The van der Waals surface area contributed by atoms with Crippen LogP contribution >= 0.6 is 0 Å². The van der Waals surface area contributed by atoms with Gasteiger partial charge < -0.3 is 10.5 Å². The van der Waals surface area contributed by atoms with Gasteiger partial charge in [0.2, 0.25) is 0 Å². The number of likely N-dealkylation sites (N-methyl/N-ethyl adjacent to an activating group) is 1. The van der Waals surface area contributed by atoms with E-state index in [2.05, 4.69) is 32.7 Å². The van der Waals surface area contributed by atoms with E-state index in [0.29, 0.717) is 18.5 Å². The van der Waals surface area contributed by atoms with Crippen molar-refractivity contribution < 1.29 is 4.74 Å². The lowest BCUT2D eigenvalue weighted by Gasteiger charge is -2.50. The van der Waals surface area contributed by atoms with Crippen molar-refractivity contribution in [3.8, 4) is 0 Å². The summed E-state index contributed by atoms with van der Waals surface area (Å²) in [6.45, 7) is 8.29. The van der Waals surface area contributed by atoms with E-state index in [1.807, 2.05) is 0 Å². The molecule has 0 spiro atoms. The topological polar surface area (TPSA) is 38.5 Å². The molecule has 3 heteroatoms. The summed E-state index contributed by atoms with van der Waals surface area (Å²) in [4.78, 5) is 2.53. The second-order valence-corrected chi connectivity index (χ2v) is 6.34. The zero-order valence-corrected chi connectivity index (χ0v) is 12.9. The van der Waals surface area contributed by atoms with Crippen molar-refractivity contribution in [1.29, 1.82) is 0 Å². The molecule has 0 aromatic carbocycles. The minimum absolute atomic E-state index is 0.0228. The molecule has 0 radical (unpaired) electrons. The van der Waals surface area contributed by atoms with Gasteiger partial charge in [0.1, 0.15) is 0 Å². The highest BCUT2D eigenvalue weighted by Crippen LogP contribution is 2.34. The van der Waals surface area contributed by atoms with Gasteiger partial charge in [-0.05, 0) is 31.7 Å². The Kier molecular flexibility index (Phi) is 6.09. The third-order valence-electron chi connectivity index (χ3n) is 5.09. The molecule has 3 atom stereocenters. The van der Waals surface area contributed by atoms with Crippen molar-refractivity contribution in [1.82, 2.24) is 4.90 Å². The zero-order chi connectivity index (χ0) is 13.8. The molecule has 0 saturated heterocycles. The fraction of sp³-hybridized carbons (Fsp3) is 1.00. The molecule has 0 aliphatic heterocycles. The second-order valence-electron chi connectivity index (χ2n) is 6.34. The van der Waals surface area contributed by atoms with Crippen LogP contribution in [0.3, 0.4) is 0 Å². The SMILES string of the molecule is COCC(CN)(C(C)C)N(C)C1CCCCC1C. The zero-order valence-electron chi connectivity index (χ0n) is 12.9. The van der Waals surface area contributed by atoms with Crippen LogP contribution in [-0.2, 0) is 4.74 Å². The Labute approximate surface area is 113 Å². The van der Waals surface area contributed by atoms with Gasteiger partial charge in [-0.1, -0.05) is 33.6 Å². The second kappa shape index (κ2) is 6.88. The molecule has 108 valence electrons. The van der Waals surface area contributed by atoms with Gasteiger partial charge in [0.05, 0.1) is 12.1 Å². The maximum absolute atomic E-state index is 6.13. The molecule has 3 nitrogen and oxygen atoms in total. The van der Waals surface area contributed by atoms with Gasteiger partial charge in [-0.2, -0.15) is 0 Å². The van der Waals surface area contributed by atoms with E-state index in [1.54, 1.807) is 7.11 Å². The summed E-state index contributed by atoms with van der Waals surface area (Å²) in [5.74, 6) is 1.27. The van der Waals surface area contributed by atoms with E-state index in [1.165, 1.54) is 25.7 Å². The van der Waals surface area contributed by atoms with Gasteiger partial charge in [-0.3, -0.25) is 4.90 Å². The first-order valence-electron chi connectivity index (χ1n) is 7.41. The Hall–Kier alpha value is -0.120. The molecule has 1 rings (SSSR count). The Balaban J connectivity index is 2.89. The number of methoxy groups -OCH3 is 1. The van der Waals surface area contributed by atoms with Gasteiger partial charge in [0, 0.05) is 19.7 Å². The fourth-order valence-electron chi connectivity index (χ4n) is 3.57. The average Bonchev–Trinajstić information content (AvgIpc) is 2.35. The first-order valence-corrected chi connectivity index (χ1v) is 7.41. The Morgan fingerprint density at radius 1 is 1.33 bits per heavy atom. The third kappa shape index (κ3) is 3.06. The van der Waals surface area contributed by atoms with Crippen LogP contribution in [0, 0.1) is 11.8 Å². The van der Waals surface area contributed by atoms with Crippen molar-refractivity contribution in [3.05, 3.63) is 0 Å². The quantitative estimate of drug-likeness (QED) is 0.793. The summed E-state index contributed by atoms with van der Waals surface area (Å²) in [5.41, 5.74) is 6.10. The van der Waals surface area contributed by atoms with Crippen LogP contribution < -0.4 is 5.73 Å². The molecule has 2 N–H and O–H groups in total. The molecule has 0 aromatic heterocycles. The first kappa shape index (κ1) is 15.9. The summed E-state index contributed by atoms with van der Waals surface area (Å²) in [7, 11) is 4.03. The van der Waals surface area contributed by atoms with E-state index < -0.39 is 0 Å². The minimum Gasteiger partial charge on any atom is -0.383 e. The number of ether oxygens (including phenoxy) is 1. The van der Waals surface area contributed by atoms with E-state index in [4.69, 9.17) is 10.5 Å². The summed E-state index contributed by atoms with van der Waals surface area (Å²) >= 11 is 0. The Morgan fingerprint density at radius 3 is 2.39 bits per heavy atom. The Bertz CT molecular complexity index is 245. The molecular formula is C15H32N2O. The highest BCUT2D eigenvalue weighted by atomic mass is 16.5. The molecule has 3 unspecified atom stereocenters. The van der Waals surface area contributed by atoms with E-state index in [-0.39, 0.29) is 5.54 Å². The van der Waals surface area contributed by atoms with Crippen molar-refractivity contribution >= 4 is 0 Å². The lowest BCUT2D eigenvalue weighted by Crippen LogP contribution is -2.63. The van der Waals surface area contributed by atoms with E-state index in [9.17, 15) is 0 Å². The highest BCUT2D eigenvalue weighted by molar-refractivity contribution is 4.97. The van der Waals surface area contributed by atoms with Gasteiger partial charge in [0.15, 0.2) is 0 Å². The summed E-state index contributed by atoms with van der Waals surface area (Å²) in [6.07, 6.45) is 5.38. The molecule has 1 aliphatic carbocycles. The molecule has 1 aliphatic rings. The number of hydrogen-bond acceptors (Lipinski definition) is 3. The van der Waals surface area contributed by atoms with Crippen LogP contribution in [0.25, 0.3) is 0 Å². The number of hydrogen-bond donors (Lipinski definition) is 1. The lowest BCUT2D eigenvalue weighted by atomic mass is 9.79. The molecule has 0 bridgehead atoms. The van der Waals surface area contributed by atoms with Crippen LogP contribution in [-0.4, -0.2) is 43.8 Å². The number of nitrogens with zero attached hydrogens (tertiary/aromatic N) is 1. The summed E-state index contributed by atoms with van der Waals surface area (Å²) in [5, 5.41) is 0. The van der Waals surface area contributed by atoms with Crippen LogP contribution in [0.1, 0.15) is 46.5 Å². The molecule has 1 saturated carbocycles. The monoisotopic (exact) mass is 256 g/mol. The summed E-state index contributed by atoms with van der Waals surface area (Å²) in [6, 6.07) is 0.653. The summed E-state index contributed by atoms with van der Waals surface area (Å²) < 4.78 is 5.49. The van der Waals surface area contributed by atoms with Gasteiger partial charge in [-0.25, -0.2) is 0 Å². The van der Waals surface area contributed by atoms with Crippen LogP contribution in [0.15, 0.2) is 0 Å². The van der Waals surface area contributed by atoms with Crippen molar-refractivity contribution in [2.24, 2.45) is 17.6 Å². The molecule has 0 aromatic rings. The Morgan fingerprint density at radius 2 is 1.94 bits per heavy atom. The number of rotatable bonds is 6. The maximum atomic E-state index is 6.13. The number of nitrogens with two attached hydrogens (primary N) is 1. The molecule has 18 heavy (non-hydrogen) atoms. The first-order chi connectivity index (χ1) is 8.49. The molecular weight excluding hydrogens is 224 g/mol. The largest absolute Gasteiger partial charge is 0.383 e. The van der Waals surface area contributed by atoms with E-state index in [0.717, 1.165) is 12.5 Å². The van der Waals surface area contributed by atoms with Gasteiger partial charge >= 0.3 is 0 Å². The lowest BCUT2D eigenvalue weighted by molar-refractivity contribution is -0.0446. The van der Waals surface area contributed by atoms with Crippen LogP contribution in [0.5, 0.6) is 0 Å². The van der Waals surface area contributed by atoms with Crippen LogP contribution in [0.4, 0.5) is 0 Å².